The number of hydrogen-bond donors (Lipinski definition) is 1. The van der Waals surface area contributed by atoms with E-state index < -0.39 is 12.0 Å². The fraction of sp³-hybridized carbons (Fsp3) is 0.471. The number of likely N-dealkylation sites (N-methyl/N-ethyl adjacent to an activating group) is 1. The molecule has 10 nitrogen and oxygen atoms in total. The van der Waals surface area contributed by atoms with Crippen molar-refractivity contribution in [2.45, 2.75) is 82.9 Å². The van der Waals surface area contributed by atoms with Crippen LogP contribution >= 0.6 is 27.7 Å². The van der Waals surface area contributed by atoms with Crippen molar-refractivity contribution >= 4 is 45.5 Å². The summed E-state index contributed by atoms with van der Waals surface area (Å²) in [5.74, 6) is 0.727. The maximum atomic E-state index is 14.4. The highest BCUT2D eigenvalue weighted by Crippen LogP contribution is 2.44. The summed E-state index contributed by atoms with van der Waals surface area (Å²) >= 11 is 4.95. The Morgan fingerprint density at radius 2 is 1.85 bits per heavy atom. The second-order valence-corrected chi connectivity index (χ2v) is 13.2. The first kappa shape index (κ1) is 34.7. The zero-order valence-electron chi connectivity index (χ0n) is 27.2. The Morgan fingerprint density at radius 1 is 1.11 bits per heavy atom. The molecule has 2 aliphatic rings. The summed E-state index contributed by atoms with van der Waals surface area (Å²) in [6.07, 6.45) is 4.71. The first-order valence-electron chi connectivity index (χ1n) is 16.1. The monoisotopic (exact) mass is 729 g/mol. The number of benzene rings is 2. The normalized spacial score (nSPS) is 16.3. The van der Waals surface area contributed by atoms with Gasteiger partial charge in [-0.1, -0.05) is 36.4 Å². The van der Waals surface area contributed by atoms with Gasteiger partial charge in [-0.15, -0.1) is 5.10 Å². The van der Waals surface area contributed by atoms with Crippen molar-refractivity contribution in [3.05, 3.63) is 69.1 Å². The molecule has 0 spiro atoms. The first-order valence-corrected chi connectivity index (χ1v) is 17.9. The van der Waals surface area contributed by atoms with Crippen LogP contribution in [0.25, 0.3) is 0 Å². The molecule has 1 amide bonds. The predicted octanol–water partition coefficient (Wildman–Crippen LogP) is 7.28. The number of ether oxygens (including phenoxy) is 3. The van der Waals surface area contributed by atoms with Crippen LogP contribution in [0.15, 0.2) is 57.3 Å². The molecule has 1 unspecified atom stereocenters. The van der Waals surface area contributed by atoms with E-state index in [1.54, 1.807) is 33.8 Å². The molecule has 1 aliphatic heterocycles. The summed E-state index contributed by atoms with van der Waals surface area (Å²) in [5, 5.41) is 8.47. The van der Waals surface area contributed by atoms with Crippen molar-refractivity contribution in [3.8, 4) is 11.5 Å². The first-order chi connectivity index (χ1) is 22.7. The summed E-state index contributed by atoms with van der Waals surface area (Å²) in [6.45, 7) is 8.89. The molecule has 1 saturated carbocycles. The number of allylic oxidation sites excluding steroid dienone is 1. The SMILES string of the molecule is CCOc1cc(C2C(C(=O)OC3CCCCC3)=C(C)Nc3nc(SCc4ccccc4F)nn32)cc(Br)c1OCC(=O)N(CC)CC. The number of aromatic nitrogens is 3. The van der Waals surface area contributed by atoms with Crippen molar-refractivity contribution in [3.63, 3.8) is 0 Å². The van der Waals surface area contributed by atoms with Crippen molar-refractivity contribution in [2.75, 3.05) is 31.6 Å². The summed E-state index contributed by atoms with van der Waals surface area (Å²) in [6, 6.07) is 9.53. The molecule has 47 heavy (non-hydrogen) atoms. The minimum Gasteiger partial charge on any atom is -0.490 e. The van der Waals surface area contributed by atoms with Crippen LogP contribution < -0.4 is 14.8 Å². The van der Waals surface area contributed by atoms with E-state index in [-0.39, 0.29) is 24.4 Å². The van der Waals surface area contributed by atoms with Crippen molar-refractivity contribution in [1.29, 1.82) is 0 Å². The van der Waals surface area contributed by atoms with Gasteiger partial charge in [-0.05, 0) is 98.6 Å². The highest BCUT2D eigenvalue weighted by atomic mass is 79.9. The molecule has 1 N–H and O–H groups in total. The van der Waals surface area contributed by atoms with Crippen LogP contribution in [0.4, 0.5) is 10.3 Å². The molecule has 1 atom stereocenters. The molecule has 2 aromatic carbocycles. The molecular formula is C34H41BrFN5O5S. The third-order valence-electron chi connectivity index (χ3n) is 8.30. The van der Waals surface area contributed by atoms with Crippen LogP contribution in [0.1, 0.15) is 77.0 Å². The fourth-order valence-electron chi connectivity index (χ4n) is 5.87. The molecule has 13 heteroatoms. The van der Waals surface area contributed by atoms with Gasteiger partial charge >= 0.3 is 5.97 Å². The minimum atomic E-state index is -0.723. The van der Waals surface area contributed by atoms with Crippen LogP contribution in [0.2, 0.25) is 0 Å². The Balaban J connectivity index is 1.52. The molecule has 0 saturated heterocycles. The Bertz CT molecular complexity index is 1620. The maximum absolute atomic E-state index is 14.4. The minimum absolute atomic E-state index is 0.134. The quantitative estimate of drug-likeness (QED) is 0.143. The highest BCUT2D eigenvalue weighted by Gasteiger charge is 2.37. The van der Waals surface area contributed by atoms with Gasteiger partial charge in [0.2, 0.25) is 11.1 Å². The number of hydrogen-bond acceptors (Lipinski definition) is 9. The standard InChI is InChI=1S/C34H41BrFN5O5S/c1-5-40(6-2)28(42)19-45-31-25(35)17-23(18-27(31)44-7-3)30-29(32(43)46-24-14-9-8-10-15-24)21(4)37-33-38-34(39-41(30)33)47-20-22-13-11-12-16-26(22)36/h11-13,16-18,24,30H,5-10,14-15,19-20H2,1-4H3,(H,37,38,39). The summed E-state index contributed by atoms with van der Waals surface area (Å²) in [5.41, 5.74) is 2.22. The number of rotatable bonds is 13. The average molecular weight is 731 g/mol. The number of thioether (sulfide) groups is 1. The maximum Gasteiger partial charge on any atom is 0.338 e. The Kier molecular flexibility index (Phi) is 11.8. The topological polar surface area (TPSA) is 108 Å². The molecular weight excluding hydrogens is 689 g/mol. The summed E-state index contributed by atoms with van der Waals surface area (Å²) in [7, 11) is 0. The zero-order chi connectivity index (χ0) is 33.5. The van der Waals surface area contributed by atoms with Crippen LogP contribution in [0.5, 0.6) is 11.5 Å². The number of esters is 1. The smallest absolute Gasteiger partial charge is 0.338 e. The Labute approximate surface area is 287 Å². The van der Waals surface area contributed by atoms with Gasteiger partial charge in [0, 0.05) is 24.5 Å². The molecule has 0 radical (unpaired) electrons. The van der Waals surface area contributed by atoms with E-state index in [2.05, 4.69) is 21.2 Å². The van der Waals surface area contributed by atoms with Crippen molar-refractivity contribution < 1.29 is 28.2 Å². The third kappa shape index (κ3) is 8.11. The van der Waals surface area contributed by atoms with E-state index in [0.717, 1.165) is 32.1 Å². The lowest BCUT2D eigenvalue weighted by atomic mass is 9.94. The lowest BCUT2D eigenvalue weighted by molar-refractivity contribution is -0.146. The van der Waals surface area contributed by atoms with Crippen LogP contribution in [0, 0.1) is 5.82 Å². The second kappa shape index (κ2) is 16.0. The molecule has 1 aliphatic carbocycles. The van der Waals surface area contributed by atoms with Gasteiger partial charge in [0.1, 0.15) is 18.0 Å². The number of carbonyl (C=O) groups excluding carboxylic acids is 2. The summed E-state index contributed by atoms with van der Waals surface area (Å²) in [4.78, 5) is 33.1. The van der Waals surface area contributed by atoms with E-state index in [0.29, 0.717) is 74.9 Å². The van der Waals surface area contributed by atoms with E-state index in [1.807, 2.05) is 33.8 Å². The number of nitrogens with zero attached hydrogens (tertiary/aromatic N) is 4. The van der Waals surface area contributed by atoms with Gasteiger partial charge in [0.05, 0.1) is 16.7 Å². The van der Waals surface area contributed by atoms with E-state index in [4.69, 9.17) is 24.3 Å². The molecule has 2 heterocycles. The zero-order valence-corrected chi connectivity index (χ0v) is 29.6. The highest BCUT2D eigenvalue weighted by molar-refractivity contribution is 9.10. The van der Waals surface area contributed by atoms with Gasteiger partial charge in [0.15, 0.2) is 18.1 Å². The van der Waals surface area contributed by atoms with Gasteiger partial charge in [-0.25, -0.2) is 13.9 Å². The lowest BCUT2D eigenvalue weighted by Crippen LogP contribution is -2.34. The largest absolute Gasteiger partial charge is 0.490 e. The van der Waals surface area contributed by atoms with Crippen LogP contribution in [-0.4, -0.2) is 63.9 Å². The Hall–Kier alpha value is -3.58. The van der Waals surface area contributed by atoms with Crippen LogP contribution in [-0.2, 0) is 20.1 Å². The molecule has 0 bridgehead atoms. The number of amides is 1. The Morgan fingerprint density at radius 3 is 2.55 bits per heavy atom. The molecule has 1 aromatic heterocycles. The second-order valence-electron chi connectivity index (χ2n) is 11.4. The van der Waals surface area contributed by atoms with E-state index >= 15 is 0 Å². The fourth-order valence-corrected chi connectivity index (χ4v) is 7.26. The van der Waals surface area contributed by atoms with Gasteiger partial charge in [0.25, 0.3) is 5.91 Å². The number of halogens is 2. The molecule has 3 aromatic rings. The number of anilines is 1. The molecule has 5 rings (SSSR count). The van der Waals surface area contributed by atoms with E-state index in [1.165, 1.54) is 17.8 Å². The average Bonchev–Trinajstić information content (AvgIpc) is 3.46. The molecule has 252 valence electrons. The summed E-state index contributed by atoms with van der Waals surface area (Å²) < 4.78 is 34.7. The lowest BCUT2D eigenvalue weighted by Gasteiger charge is -2.30. The number of fused-ring (bicyclic) bond motifs is 1. The predicted molar refractivity (Wildman–Crippen MR) is 182 cm³/mol. The number of carbonyl (C=O) groups is 2. The van der Waals surface area contributed by atoms with Crippen molar-refractivity contribution in [2.24, 2.45) is 0 Å². The molecule has 1 fully saturated rings. The van der Waals surface area contributed by atoms with E-state index in [9.17, 15) is 14.0 Å². The van der Waals surface area contributed by atoms with Gasteiger partial charge in [-0.2, -0.15) is 4.98 Å². The van der Waals surface area contributed by atoms with Gasteiger partial charge in [-0.3, -0.25) is 4.79 Å². The van der Waals surface area contributed by atoms with Crippen molar-refractivity contribution in [1.82, 2.24) is 19.7 Å². The van der Waals surface area contributed by atoms with Crippen LogP contribution in [0.3, 0.4) is 0 Å². The van der Waals surface area contributed by atoms with Gasteiger partial charge < -0.3 is 24.4 Å². The third-order valence-corrected chi connectivity index (χ3v) is 9.77. The number of nitrogens with one attached hydrogen (secondary N) is 1.